The van der Waals surface area contributed by atoms with Crippen molar-refractivity contribution in [3.8, 4) is 0 Å². The summed E-state index contributed by atoms with van der Waals surface area (Å²) in [4.78, 5) is 35.2. The highest BCUT2D eigenvalue weighted by atomic mass is 79.9. The quantitative estimate of drug-likeness (QED) is 0.290. The molecule has 1 aliphatic heterocycles. The number of hydrogen-bond donors (Lipinski definition) is 2. The first-order valence-electron chi connectivity index (χ1n) is 7.80. The van der Waals surface area contributed by atoms with Crippen molar-refractivity contribution in [3.05, 3.63) is 39.9 Å². The summed E-state index contributed by atoms with van der Waals surface area (Å²) in [5.41, 5.74) is 1.17. The lowest BCUT2D eigenvalue weighted by Gasteiger charge is -2.23. The number of hydrazone groups is 1. The van der Waals surface area contributed by atoms with Crippen LogP contribution < -0.4 is 5.43 Å². The van der Waals surface area contributed by atoms with E-state index in [0.29, 0.717) is 5.56 Å². The number of ketones is 1. The van der Waals surface area contributed by atoms with Gasteiger partial charge < -0.3 is 9.84 Å². The lowest BCUT2D eigenvalue weighted by atomic mass is 9.83. The van der Waals surface area contributed by atoms with Crippen LogP contribution in [0.15, 0.2) is 29.4 Å². The van der Waals surface area contributed by atoms with Crippen molar-refractivity contribution in [2.24, 2.45) is 5.10 Å². The van der Waals surface area contributed by atoms with Crippen molar-refractivity contribution in [1.82, 2.24) is 5.43 Å². The van der Waals surface area contributed by atoms with Crippen LogP contribution in [-0.4, -0.2) is 51.1 Å². The molecule has 3 atom stereocenters. The standard InChI is InChI=1S/C16H18BrN3O6/c1-3-26-15(22)13-11(9-4-6-10(7-5-9)20(24)25)12(18-19-13)14(21)16(2,23)8-17/h4-7,11,13,19,23H,3,8H2,1-2H3/t11-,13-,16-/m1/s1. The highest BCUT2D eigenvalue weighted by Gasteiger charge is 2.46. The Morgan fingerprint density at radius 2 is 2.04 bits per heavy atom. The third-order valence-electron chi connectivity index (χ3n) is 3.94. The van der Waals surface area contributed by atoms with Crippen molar-refractivity contribution < 1.29 is 24.4 Å². The van der Waals surface area contributed by atoms with Crippen LogP contribution in [0.1, 0.15) is 25.3 Å². The maximum absolute atomic E-state index is 12.7. The molecule has 1 aromatic rings. The minimum absolute atomic E-state index is 0.0189. The van der Waals surface area contributed by atoms with E-state index in [1.165, 1.54) is 31.2 Å². The molecule has 0 unspecified atom stereocenters. The van der Waals surface area contributed by atoms with Crippen LogP contribution in [-0.2, 0) is 14.3 Å². The van der Waals surface area contributed by atoms with Gasteiger partial charge in [-0.05, 0) is 19.4 Å². The zero-order valence-corrected chi connectivity index (χ0v) is 15.7. The number of nitrogens with one attached hydrogen (secondary N) is 1. The topological polar surface area (TPSA) is 131 Å². The molecule has 2 N–H and O–H groups in total. The van der Waals surface area contributed by atoms with Crippen molar-refractivity contribution in [1.29, 1.82) is 0 Å². The highest BCUT2D eigenvalue weighted by molar-refractivity contribution is 9.09. The second-order valence-electron chi connectivity index (χ2n) is 5.92. The molecule has 0 saturated carbocycles. The van der Waals surface area contributed by atoms with Gasteiger partial charge in [0.15, 0.2) is 6.04 Å². The molecule has 9 nitrogen and oxygen atoms in total. The first kappa shape index (κ1) is 20.0. The summed E-state index contributed by atoms with van der Waals surface area (Å²) in [6.45, 7) is 3.12. The van der Waals surface area contributed by atoms with Gasteiger partial charge in [0.2, 0.25) is 5.78 Å². The Morgan fingerprint density at radius 1 is 1.42 bits per heavy atom. The van der Waals surface area contributed by atoms with Crippen LogP contribution in [0.4, 0.5) is 5.69 Å². The molecule has 0 bridgehead atoms. The van der Waals surface area contributed by atoms with Crippen LogP contribution in [0.2, 0.25) is 0 Å². The maximum atomic E-state index is 12.7. The van der Waals surface area contributed by atoms with E-state index in [2.05, 4.69) is 26.5 Å². The number of nitro benzene ring substituents is 1. The Hall–Kier alpha value is -2.33. The second kappa shape index (κ2) is 7.92. The molecule has 0 radical (unpaired) electrons. The van der Waals surface area contributed by atoms with Crippen LogP contribution in [0, 0.1) is 10.1 Å². The summed E-state index contributed by atoms with van der Waals surface area (Å²) < 4.78 is 5.01. The fourth-order valence-electron chi connectivity index (χ4n) is 2.54. The van der Waals surface area contributed by atoms with Crippen LogP contribution in [0.3, 0.4) is 0 Å². The number of nitrogens with zero attached hydrogens (tertiary/aromatic N) is 2. The molecule has 0 fully saturated rings. The molecule has 1 heterocycles. The fraction of sp³-hybridized carbons (Fsp3) is 0.438. The van der Waals surface area contributed by atoms with E-state index >= 15 is 0 Å². The zero-order valence-electron chi connectivity index (χ0n) is 14.1. The number of carbonyl (C=O) groups excluding carboxylic acids is 2. The molecular formula is C16H18BrN3O6. The average molecular weight is 428 g/mol. The number of halogens is 1. The number of carbonyl (C=O) groups is 2. The molecule has 1 aliphatic rings. The van der Waals surface area contributed by atoms with Gasteiger partial charge in [-0.15, -0.1) is 0 Å². The second-order valence-corrected chi connectivity index (χ2v) is 6.48. The van der Waals surface area contributed by atoms with E-state index in [0.717, 1.165) is 0 Å². The minimum atomic E-state index is -1.72. The van der Waals surface area contributed by atoms with Gasteiger partial charge >= 0.3 is 5.97 Å². The molecule has 0 amide bonds. The van der Waals surface area contributed by atoms with Gasteiger partial charge in [0.25, 0.3) is 5.69 Å². The molecule has 0 spiro atoms. The van der Waals surface area contributed by atoms with Crippen LogP contribution in [0.5, 0.6) is 0 Å². The number of non-ortho nitro benzene ring substituents is 1. The molecule has 0 aliphatic carbocycles. The number of alkyl halides is 1. The molecule has 140 valence electrons. The lowest BCUT2D eigenvalue weighted by Crippen LogP contribution is -2.45. The van der Waals surface area contributed by atoms with E-state index in [9.17, 15) is 24.8 Å². The van der Waals surface area contributed by atoms with Crippen molar-refractivity contribution in [2.45, 2.75) is 31.4 Å². The monoisotopic (exact) mass is 427 g/mol. The van der Waals surface area contributed by atoms with E-state index in [1.807, 2.05) is 0 Å². The lowest BCUT2D eigenvalue weighted by molar-refractivity contribution is -0.384. The van der Waals surface area contributed by atoms with E-state index in [4.69, 9.17) is 4.74 Å². The smallest absolute Gasteiger partial charge is 0.331 e. The van der Waals surface area contributed by atoms with Gasteiger partial charge in [-0.1, -0.05) is 28.1 Å². The Labute approximate surface area is 157 Å². The third-order valence-corrected chi connectivity index (χ3v) is 5.03. The van der Waals surface area contributed by atoms with Gasteiger partial charge in [-0.25, -0.2) is 4.79 Å². The zero-order chi connectivity index (χ0) is 19.5. The first-order chi connectivity index (χ1) is 12.2. The number of benzene rings is 1. The SMILES string of the molecule is CCOC(=O)[C@@H]1NN=C(C(=O)[C@](C)(O)CBr)[C@H]1c1ccc([N+](=O)[O-])cc1. The molecule has 0 saturated heterocycles. The highest BCUT2D eigenvalue weighted by Crippen LogP contribution is 2.30. The summed E-state index contributed by atoms with van der Waals surface area (Å²) in [5, 5.41) is 25.0. The van der Waals surface area contributed by atoms with Crippen molar-refractivity contribution in [3.63, 3.8) is 0 Å². The summed E-state index contributed by atoms with van der Waals surface area (Å²) >= 11 is 3.08. The number of aliphatic hydroxyl groups is 1. The van der Waals surface area contributed by atoms with E-state index in [-0.39, 0.29) is 23.3 Å². The molecular weight excluding hydrogens is 410 g/mol. The van der Waals surface area contributed by atoms with Gasteiger partial charge in [-0.2, -0.15) is 5.10 Å². The maximum Gasteiger partial charge on any atom is 0.331 e. The number of hydrogen-bond acceptors (Lipinski definition) is 8. The Morgan fingerprint density at radius 3 is 2.54 bits per heavy atom. The molecule has 0 aromatic heterocycles. The van der Waals surface area contributed by atoms with E-state index in [1.54, 1.807) is 6.92 Å². The molecule has 26 heavy (non-hydrogen) atoms. The van der Waals surface area contributed by atoms with Gasteiger partial charge in [-0.3, -0.25) is 20.3 Å². The van der Waals surface area contributed by atoms with E-state index < -0.39 is 34.2 Å². The Bertz CT molecular complexity index is 747. The molecule has 2 rings (SSSR count). The number of ether oxygens (including phenoxy) is 1. The summed E-state index contributed by atoms with van der Waals surface area (Å²) in [7, 11) is 0. The van der Waals surface area contributed by atoms with Crippen molar-refractivity contribution in [2.75, 3.05) is 11.9 Å². The number of esters is 1. The van der Waals surface area contributed by atoms with Gasteiger partial charge in [0.1, 0.15) is 11.3 Å². The van der Waals surface area contributed by atoms with Gasteiger partial charge in [0, 0.05) is 17.5 Å². The predicted molar refractivity (Wildman–Crippen MR) is 96.3 cm³/mol. The largest absolute Gasteiger partial charge is 0.464 e. The summed E-state index contributed by atoms with van der Waals surface area (Å²) in [5.74, 6) is -2.11. The minimum Gasteiger partial charge on any atom is -0.464 e. The van der Waals surface area contributed by atoms with Crippen LogP contribution in [0.25, 0.3) is 0 Å². The Balaban J connectivity index is 2.43. The fourth-order valence-corrected chi connectivity index (χ4v) is 2.80. The first-order valence-corrected chi connectivity index (χ1v) is 8.92. The number of nitro groups is 1. The number of rotatable bonds is 7. The van der Waals surface area contributed by atoms with Crippen molar-refractivity contribution >= 4 is 39.1 Å². The normalized spacial score (nSPS) is 21.3. The third kappa shape index (κ3) is 3.91. The molecule has 10 heteroatoms. The average Bonchev–Trinajstić information content (AvgIpc) is 3.06. The molecule has 1 aromatic carbocycles. The Kier molecular flexibility index (Phi) is 6.09. The van der Waals surface area contributed by atoms with Crippen LogP contribution >= 0.6 is 15.9 Å². The predicted octanol–water partition coefficient (Wildman–Crippen LogP) is 1.28. The summed E-state index contributed by atoms with van der Waals surface area (Å²) in [6.07, 6.45) is 0. The van der Waals surface area contributed by atoms with Gasteiger partial charge in [0.05, 0.1) is 17.4 Å². The number of Topliss-reactive ketones (excluding diaryl/α,β-unsaturated/α-hetero) is 1. The summed E-state index contributed by atoms with van der Waals surface area (Å²) in [6, 6.07) is 4.49.